The van der Waals surface area contributed by atoms with E-state index in [4.69, 9.17) is 10.8 Å². The SMILES string of the molecule is NC(=O)C(O)CNC(=O)/C=C/c1ccccc1[N+](=O)[O-]. The Balaban J connectivity index is 2.66. The fraction of sp³-hybridized carbons (Fsp3) is 0.167. The molecule has 1 unspecified atom stereocenters. The molecule has 0 aliphatic rings. The number of nitrogens with one attached hydrogen (secondary N) is 1. The van der Waals surface area contributed by atoms with Gasteiger partial charge in [0.05, 0.1) is 17.0 Å². The summed E-state index contributed by atoms with van der Waals surface area (Å²) in [6.07, 6.45) is 0.860. The van der Waals surface area contributed by atoms with Gasteiger partial charge in [0, 0.05) is 12.1 Å². The number of nitrogens with zero attached hydrogens (tertiary/aromatic N) is 1. The normalized spacial score (nSPS) is 12.1. The molecule has 0 spiro atoms. The number of carbonyl (C=O) groups excluding carboxylic acids is 2. The predicted molar refractivity (Wildman–Crippen MR) is 70.3 cm³/mol. The van der Waals surface area contributed by atoms with Gasteiger partial charge >= 0.3 is 0 Å². The first-order valence-electron chi connectivity index (χ1n) is 5.58. The third-order valence-corrected chi connectivity index (χ3v) is 2.35. The monoisotopic (exact) mass is 279 g/mol. The van der Waals surface area contributed by atoms with Crippen molar-refractivity contribution in [2.45, 2.75) is 6.10 Å². The van der Waals surface area contributed by atoms with E-state index in [2.05, 4.69) is 5.32 Å². The van der Waals surface area contributed by atoms with E-state index in [9.17, 15) is 19.7 Å². The molecule has 1 aromatic rings. The van der Waals surface area contributed by atoms with Crippen LogP contribution in [0.15, 0.2) is 30.3 Å². The van der Waals surface area contributed by atoms with Gasteiger partial charge in [-0.05, 0) is 12.1 Å². The maximum atomic E-state index is 11.4. The number of hydrogen-bond donors (Lipinski definition) is 3. The van der Waals surface area contributed by atoms with Gasteiger partial charge in [0.25, 0.3) is 5.69 Å². The largest absolute Gasteiger partial charge is 0.381 e. The number of primary amides is 1. The van der Waals surface area contributed by atoms with Crippen molar-refractivity contribution in [2.75, 3.05) is 6.54 Å². The van der Waals surface area contributed by atoms with Crippen molar-refractivity contribution >= 4 is 23.6 Å². The van der Waals surface area contributed by atoms with Gasteiger partial charge in [-0.1, -0.05) is 12.1 Å². The molecular weight excluding hydrogens is 266 g/mol. The van der Waals surface area contributed by atoms with Crippen molar-refractivity contribution in [3.63, 3.8) is 0 Å². The summed E-state index contributed by atoms with van der Waals surface area (Å²) < 4.78 is 0. The second-order valence-corrected chi connectivity index (χ2v) is 3.81. The Hall–Kier alpha value is -2.74. The topological polar surface area (TPSA) is 136 Å². The Kier molecular flexibility index (Phi) is 5.36. The van der Waals surface area contributed by atoms with Crippen molar-refractivity contribution < 1.29 is 19.6 Å². The van der Waals surface area contributed by atoms with E-state index in [1.165, 1.54) is 24.3 Å². The Labute approximate surface area is 114 Å². The third-order valence-electron chi connectivity index (χ3n) is 2.35. The number of benzene rings is 1. The van der Waals surface area contributed by atoms with Crippen LogP contribution in [-0.2, 0) is 9.59 Å². The number of rotatable bonds is 6. The van der Waals surface area contributed by atoms with Gasteiger partial charge in [-0.15, -0.1) is 0 Å². The molecule has 1 aromatic carbocycles. The lowest BCUT2D eigenvalue weighted by Crippen LogP contribution is -2.39. The molecule has 4 N–H and O–H groups in total. The first kappa shape index (κ1) is 15.3. The van der Waals surface area contributed by atoms with Gasteiger partial charge in [-0.2, -0.15) is 0 Å². The standard InChI is InChI=1S/C12H13N3O5/c13-12(18)10(16)7-14-11(17)6-5-8-3-1-2-4-9(8)15(19)20/h1-6,10,16H,7H2,(H2,13,18)(H,14,17)/b6-5+. The molecule has 8 nitrogen and oxygen atoms in total. The Morgan fingerprint density at radius 3 is 2.70 bits per heavy atom. The zero-order valence-electron chi connectivity index (χ0n) is 10.4. The van der Waals surface area contributed by atoms with E-state index >= 15 is 0 Å². The Bertz CT molecular complexity index is 556. The van der Waals surface area contributed by atoms with E-state index in [0.717, 1.165) is 6.08 Å². The fourth-order valence-electron chi connectivity index (χ4n) is 1.32. The molecule has 1 rings (SSSR count). The van der Waals surface area contributed by atoms with Gasteiger partial charge in [-0.25, -0.2) is 0 Å². The minimum atomic E-state index is -1.47. The van der Waals surface area contributed by atoms with E-state index < -0.39 is 22.8 Å². The molecule has 0 bridgehead atoms. The summed E-state index contributed by atoms with van der Waals surface area (Å²) in [5.74, 6) is -1.56. The lowest BCUT2D eigenvalue weighted by molar-refractivity contribution is -0.385. The number of nitro benzene ring substituents is 1. The van der Waals surface area contributed by atoms with Crippen LogP contribution in [-0.4, -0.2) is 34.5 Å². The maximum Gasteiger partial charge on any atom is 0.276 e. The minimum Gasteiger partial charge on any atom is -0.381 e. The predicted octanol–water partition coefficient (Wildman–Crippen LogP) is -0.430. The Morgan fingerprint density at radius 1 is 1.45 bits per heavy atom. The highest BCUT2D eigenvalue weighted by atomic mass is 16.6. The number of carbonyl (C=O) groups is 2. The van der Waals surface area contributed by atoms with E-state index in [1.807, 2.05) is 0 Å². The summed E-state index contributed by atoms with van der Waals surface area (Å²) in [6.45, 7) is -0.324. The quantitative estimate of drug-likeness (QED) is 0.369. The van der Waals surface area contributed by atoms with Crippen molar-refractivity contribution in [2.24, 2.45) is 5.73 Å². The smallest absolute Gasteiger partial charge is 0.276 e. The molecular formula is C12H13N3O5. The molecule has 0 aromatic heterocycles. The number of para-hydroxylation sites is 1. The van der Waals surface area contributed by atoms with Gasteiger partial charge in [0.1, 0.15) is 6.10 Å². The van der Waals surface area contributed by atoms with Crippen LogP contribution in [0.1, 0.15) is 5.56 Å². The molecule has 20 heavy (non-hydrogen) atoms. The highest BCUT2D eigenvalue weighted by Gasteiger charge is 2.12. The molecule has 0 saturated heterocycles. The van der Waals surface area contributed by atoms with Crippen LogP contribution in [0.5, 0.6) is 0 Å². The molecule has 0 radical (unpaired) electrons. The molecule has 8 heteroatoms. The van der Waals surface area contributed by atoms with Crippen LogP contribution < -0.4 is 11.1 Å². The third kappa shape index (κ3) is 4.50. The fourth-order valence-corrected chi connectivity index (χ4v) is 1.32. The lowest BCUT2D eigenvalue weighted by atomic mass is 10.1. The summed E-state index contributed by atoms with van der Waals surface area (Å²) in [7, 11) is 0. The number of aliphatic hydroxyl groups excluding tert-OH is 1. The summed E-state index contributed by atoms with van der Waals surface area (Å²) in [5, 5.41) is 22.1. The number of hydrogen-bond acceptors (Lipinski definition) is 5. The van der Waals surface area contributed by atoms with E-state index in [-0.39, 0.29) is 17.8 Å². The van der Waals surface area contributed by atoms with Crippen molar-refractivity contribution in [3.8, 4) is 0 Å². The zero-order chi connectivity index (χ0) is 15.1. The summed E-state index contributed by atoms with van der Waals surface area (Å²) >= 11 is 0. The number of amides is 2. The van der Waals surface area contributed by atoms with Gasteiger partial charge < -0.3 is 16.2 Å². The van der Waals surface area contributed by atoms with Crippen molar-refractivity contribution in [3.05, 3.63) is 46.0 Å². The molecule has 0 aliphatic carbocycles. The summed E-state index contributed by atoms with van der Waals surface area (Å²) in [5.41, 5.74) is 4.94. The van der Waals surface area contributed by atoms with Crippen LogP contribution in [0.3, 0.4) is 0 Å². The van der Waals surface area contributed by atoms with Crippen LogP contribution in [0.2, 0.25) is 0 Å². The second-order valence-electron chi connectivity index (χ2n) is 3.81. The summed E-state index contributed by atoms with van der Waals surface area (Å²) in [4.78, 5) is 32.1. The van der Waals surface area contributed by atoms with Crippen LogP contribution in [0.25, 0.3) is 6.08 Å². The van der Waals surface area contributed by atoms with Gasteiger partial charge in [-0.3, -0.25) is 19.7 Å². The highest BCUT2D eigenvalue weighted by molar-refractivity contribution is 5.92. The molecule has 0 aliphatic heterocycles. The van der Waals surface area contributed by atoms with Gasteiger partial charge in [0.15, 0.2) is 0 Å². The van der Waals surface area contributed by atoms with Crippen LogP contribution >= 0.6 is 0 Å². The Morgan fingerprint density at radius 2 is 2.10 bits per heavy atom. The molecule has 0 saturated carbocycles. The maximum absolute atomic E-state index is 11.4. The van der Waals surface area contributed by atoms with Crippen LogP contribution in [0.4, 0.5) is 5.69 Å². The van der Waals surface area contributed by atoms with Crippen molar-refractivity contribution in [1.82, 2.24) is 5.32 Å². The molecule has 0 fully saturated rings. The average molecular weight is 279 g/mol. The lowest BCUT2D eigenvalue weighted by Gasteiger charge is -2.06. The number of aliphatic hydroxyl groups is 1. The van der Waals surface area contributed by atoms with E-state index in [0.29, 0.717) is 0 Å². The van der Waals surface area contributed by atoms with Crippen molar-refractivity contribution in [1.29, 1.82) is 0 Å². The number of nitrogens with two attached hydrogens (primary N) is 1. The second kappa shape index (κ2) is 7.00. The molecule has 2 amide bonds. The molecule has 0 heterocycles. The first-order valence-corrected chi connectivity index (χ1v) is 5.58. The van der Waals surface area contributed by atoms with Crippen LogP contribution in [0, 0.1) is 10.1 Å². The zero-order valence-corrected chi connectivity index (χ0v) is 10.4. The molecule has 1 atom stereocenters. The highest BCUT2D eigenvalue weighted by Crippen LogP contribution is 2.18. The number of nitro groups is 1. The summed E-state index contributed by atoms with van der Waals surface area (Å²) in [6, 6.07) is 5.91. The molecule has 106 valence electrons. The van der Waals surface area contributed by atoms with E-state index in [1.54, 1.807) is 6.07 Å². The first-order chi connectivity index (χ1) is 9.41. The average Bonchev–Trinajstić information content (AvgIpc) is 2.42. The van der Waals surface area contributed by atoms with Gasteiger partial charge in [0.2, 0.25) is 11.8 Å². The minimum absolute atomic E-state index is 0.131.